The topological polar surface area (TPSA) is 50.8 Å². The Balaban J connectivity index is 1.67. The number of hydrogen-bond donors (Lipinski definition) is 1. The molecule has 0 aromatic carbocycles. The first-order chi connectivity index (χ1) is 9.79. The van der Waals surface area contributed by atoms with Crippen molar-refractivity contribution < 1.29 is 4.74 Å². The summed E-state index contributed by atoms with van der Waals surface area (Å²) in [4.78, 5) is 6.77. The predicted molar refractivity (Wildman–Crippen MR) is 83.9 cm³/mol. The molecule has 0 atom stereocenters. The van der Waals surface area contributed by atoms with E-state index in [0.29, 0.717) is 0 Å². The SMILES string of the molecule is CCCCC1CCC(CN=C(N)N2CCOCC2)CC1. The van der Waals surface area contributed by atoms with Crippen LogP contribution in [-0.4, -0.2) is 43.7 Å². The van der Waals surface area contributed by atoms with E-state index in [2.05, 4.69) is 16.8 Å². The van der Waals surface area contributed by atoms with E-state index in [1.807, 2.05) is 0 Å². The summed E-state index contributed by atoms with van der Waals surface area (Å²) < 4.78 is 5.34. The number of nitrogens with zero attached hydrogens (tertiary/aromatic N) is 2. The molecule has 2 N–H and O–H groups in total. The van der Waals surface area contributed by atoms with Gasteiger partial charge in [0.2, 0.25) is 0 Å². The second-order valence-corrected chi connectivity index (χ2v) is 6.33. The van der Waals surface area contributed by atoms with Gasteiger partial charge in [0.05, 0.1) is 13.2 Å². The molecule has 20 heavy (non-hydrogen) atoms. The van der Waals surface area contributed by atoms with Crippen LogP contribution >= 0.6 is 0 Å². The fourth-order valence-electron chi connectivity index (χ4n) is 3.31. The molecule has 1 saturated carbocycles. The fraction of sp³-hybridized carbons (Fsp3) is 0.938. The van der Waals surface area contributed by atoms with Gasteiger partial charge in [-0.25, -0.2) is 0 Å². The van der Waals surface area contributed by atoms with Gasteiger partial charge in [-0.05, 0) is 24.7 Å². The lowest BCUT2D eigenvalue weighted by molar-refractivity contribution is 0.0673. The van der Waals surface area contributed by atoms with E-state index >= 15 is 0 Å². The number of hydrogen-bond acceptors (Lipinski definition) is 2. The van der Waals surface area contributed by atoms with Gasteiger partial charge in [-0.15, -0.1) is 0 Å². The molecule has 4 heteroatoms. The summed E-state index contributed by atoms with van der Waals surface area (Å²) in [6, 6.07) is 0. The van der Waals surface area contributed by atoms with E-state index in [9.17, 15) is 0 Å². The summed E-state index contributed by atoms with van der Waals surface area (Å²) in [5, 5.41) is 0. The maximum absolute atomic E-state index is 6.08. The van der Waals surface area contributed by atoms with Crippen LogP contribution in [0.5, 0.6) is 0 Å². The Kier molecular flexibility index (Phi) is 6.64. The van der Waals surface area contributed by atoms with Crippen molar-refractivity contribution >= 4 is 5.96 Å². The normalized spacial score (nSPS) is 28.6. The minimum atomic E-state index is 0.724. The first-order valence-corrected chi connectivity index (χ1v) is 8.42. The summed E-state index contributed by atoms with van der Waals surface area (Å²) in [6.07, 6.45) is 9.65. The van der Waals surface area contributed by atoms with Gasteiger partial charge in [-0.2, -0.15) is 0 Å². The van der Waals surface area contributed by atoms with Crippen molar-refractivity contribution in [3.05, 3.63) is 0 Å². The van der Waals surface area contributed by atoms with Crippen molar-refractivity contribution in [2.75, 3.05) is 32.8 Å². The van der Waals surface area contributed by atoms with Crippen LogP contribution in [0.25, 0.3) is 0 Å². The lowest BCUT2D eigenvalue weighted by atomic mass is 9.80. The Morgan fingerprint density at radius 2 is 1.80 bits per heavy atom. The van der Waals surface area contributed by atoms with E-state index in [1.54, 1.807) is 0 Å². The second-order valence-electron chi connectivity index (χ2n) is 6.33. The number of guanidine groups is 1. The third kappa shape index (κ3) is 4.97. The number of nitrogens with two attached hydrogens (primary N) is 1. The zero-order valence-corrected chi connectivity index (χ0v) is 13.0. The van der Waals surface area contributed by atoms with E-state index in [0.717, 1.165) is 50.6 Å². The first kappa shape index (κ1) is 15.6. The predicted octanol–water partition coefficient (Wildman–Crippen LogP) is 2.63. The summed E-state index contributed by atoms with van der Waals surface area (Å²) in [6.45, 7) is 6.54. The quantitative estimate of drug-likeness (QED) is 0.622. The van der Waals surface area contributed by atoms with Crippen LogP contribution in [-0.2, 0) is 4.74 Å². The molecule has 0 amide bonds. The van der Waals surface area contributed by atoms with Crippen molar-refractivity contribution in [1.82, 2.24) is 4.90 Å². The van der Waals surface area contributed by atoms with Crippen LogP contribution in [0, 0.1) is 11.8 Å². The minimum Gasteiger partial charge on any atom is -0.378 e. The summed E-state index contributed by atoms with van der Waals surface area (Å²) in [5.41, 5.74) is 6.08. The summed E-state index contributed by atoms with van der Waals surface area (Å²) in [7, 11) is 0. The minimum absolute atomic E-state index is 0.724. The van der Waals surface area contributed by atoms with Crippen LogP contribution in [0.3, 0.4) is 0 Å². The van der Waals surface area contributed by atoms with Gasteiger partial charge < -0.3 is 15.4 Å². The lowest BCUT2D eigenvalue weighted by Gasteiger charge is -2.29. The molecule has 4 nitrogen and oxygen atoms in total. The Labute approximate surface area is 123 Å². The highest BCUT2D eigenvalue weighted by molar-refractivity contribution is 5.78. The average molecular weight is 281 g/mol. The van der Waals surface area contributed by atoms with Gasteiger partial charge in [-0.1, -0.05) is 39.0 Å². The van der Waals surface area contributed by atoms with Crippen molar-refractivity contribution in [1.29, 1.82) is 0 Å². The highest BCUT2D eigenvalue weighted by Gasteiger charge is 2.21. The second kappa shape index (κ2) is 8.50. The van der Waals surface area contributed by atoms with Crippen molar-refractivity contribution in [3.63, 3.8) is 0 Å². The molecule has 0 bridgehead atoms. The van der Waals surface area contributed by atoms with Crippen LogP contribution in [0.4, 0.5) is 0 Å². The highest BCUT2D eigenvalue weighted by Crippen LogP contribution is 2.31. The standard InChI is InChI=1S/C16H31N3O/c1-2-3-4-14-5-7-15(8-6-14)13-18-16(17)19-9-11-20-12-10-19/h14-15H,2-13H2,1H3,(H2,17,18). The number of rotatable bonds is 5. The average Bonchev–Trinajstić information content (AvgIpc) is 2.52. The molecule has 0 aromatic rings. The molecule has 0 unspecified atom stereocenters. The smallest absolute Gasteiger partial charge is 0.191 e. The third-order valence-corrected chi connectivity index (χ3v) is 4.78. The maximum Gasteiger partial charge on any atom is 0.191 e. The fourth-order valence-corrected chi connectivity index (χ4v) is 3.31. The monoisotopic (exact) mass is 281 g/mol. The highest BCUT2D eigenvalue weighted by atomic mass is 16.5. The molecule has 1 aliphatic carbocycles. The van der Waals surface area contributed by atoms with Gasteiger partial charge in [0.25, 0.3) is 0 Å². The molecule has 116 valence electrons. The Morgan fingerprint density at radius 1 is 1.15 bits per heavy atom. The molecular formula is C16H31N3O. The molecule has 0 radical (unpaired) electrons. The van der Waals surface area contributed by atoms with Gasteiger partial charge in [0, 0.05) is 19.6 Å². The molecule has 0 aromatic heterocycles. The van der Waals surface area contributed by atoms with Crippen LogP contribution in [0.1, 0.15) is 51.9 Å². The van der Waals surface area contributed by atoms with Crippen molar-refractivity contribution in [2.45, 2.75) is 51.9 Å². The lowest BCUT2D eigenvalue weighted by Crippen LogP contribution is -2.45. The number of ether oxygens (including phenoxy) is 1. The van der Waals surface area contributed by atoms with Crippen LogP contribution < -0.4 is 5.73 Å². The molecule has 2 aliphatic rings. The van der Waals surface area contributed by atoms with E-state index < -0.39 is 0 Å². The third-order valence-electron chi connectivity index (χ3n) is 4.78. The molecule has 1 heterocycles. The first-order valence-electron chi connectivity index (χ1n) is 8.42. The van der Waals surface area contributed by atoms with Crippen molar-refractivity contribution in [2.24, 2.45) is 22.6 Å². The Hall–Kier alpha value is -0.770. The number of aliphatic imine (C=N–C) groups is 1. The molecule has 0 spiro atoms. The number of unbranched alkanes of at least 4 members (excludes halogenated alkanes) is 1. The van der Waals surface area contributed by atoms with Gasteiger partial charge in [-0.3, -0.25) is 4.99 Å². The van der Waals surface area contributed by atoms with E-state index in [1.165, 1.54) is 44.9 Å². The molecule has 2 rings (SSSR count). The maximum atomic E-state index is 6.08. The Bertz CT molecular complexity index is 292. The van der Waals surface area contributed by atoms with Crippen LogP contribution in [0.2, 0.25) is 0 Å². The largest absolute Gasteiger partial charge is 0.378 e. The summed E-state index contributed by atoms with van der Waals surface area (Å²) in [5.74, 6) is 2.46. The zero-order chi connectivity index (χ0) is 14.2. The van der Waals surface area contributed by atoms with Gasteiger partial charge in [0.15, 0.2) is 5.96 Å². The van der Waals surface area contributed by atoms with Crippen molar-refractivity contribution in [3.8, 4) is 0 Å². The molecule has 2 fully saturated rings. The Morgan fingerprint density at radius 3 is 2.45 bits per heavy atom. The molecule has 1 saturated heterocycles. The van der Waals surface area contributed by atoms with E-state index in [-0.39, 0.29) is 0 Å². The molecule has 1 aliphatic heterocycles. The summed E-state index contributed by atoms with van der Waals surface area (Å²) >= 11 is 0. The van der Waals surface area contributed by atoms with E-state index in [4.69, 9.17) is 10.5 Å². The van der Waals surface area contributed by atoms with Crippen LogP contribution in [0.15, 0.2) is 4.99 Å². The number of morpholine rings is 1. The zero-order valence-electron chi connectivity index (χ0n) is 13.0. The van der Waals surface area contributed by atoms with Gasteiger partial charge >= 0.3 is 0 Å². The molecular weight excluding hydrogens is 250 g/mol. The van der Waals surface area contributed by atoms with Gasteiger partial charge in [0.1, 0.15) is 0 Å².